The van der Waals surface area contributed by atoms with Gasteiger partial charge in [0.2, 0.25) is 0 Å². The molecule has 1 heterocycles. The molecule has 1 aliphatic rings. The summed E-state index contributed by atoms with van der Waals surface area (Å²) >= 11 is 3.45. The average Bonchev–Trinajstić information content (AvgIpc) is 2.48. The molecule has 110 valence electrons. The fourth-order valence-corrected chi connectivity index (χ4v) is 3.16. The van der Waals surface area contributed by atoms with Gasteiger partial charge in [-0.05, 0) is 44.0 Å². The first-order valence-corrected chi connectivity index (χ1v) is 8.08. The molecule has 1 saturated heterocycles. The summed E-state index contributed by atoms with van der Waals surface area (Å²) < 4.78 is 0.959. The van der Waals surface area contributed by atoms with Crippen LogP contribution in [0, 0.1) is 6.92 Å². The lowest BCUT2D eigenvalue weighted by Crippen LogP contribution is -2.45. The summed E-state index contributed by atoms with van der Waals surface area (Å²) in [5, 5.41) is 0. The molecule has 1 fully saturated rings. The normalized spacial score (nSPS) is 17.2. The maximum atomic E-state index is 12.7. The van der Waals surface area contributed by atoms with Crippen LogP contribution < -0.4 is 0 Å². The molecule has 1 aliphatic heterocycles. The van der Waals surface area contributed by atoms with E-state index in [4.69, 9.17) is 0 Å². The van der Waals surface area contributed by atoms with Gasteiger partial charge in [0.05, 0.1) is 0 Å². The van der Waals surface area contributed by atoms with E-state index in [0.717, 1.165) is 48.1 Å². The van der Waals surface area contributed by atoms with Crippen LogP contribution in [0.2, 0.25) is 0 Å². The molecule has 0 radical (unpaired) electrons. The average molecular weight is 339 g/mol. The minimum atomic E-state index is 0.138. The molecular formula is C16H23BrN2O. The van der Waals surface area contributed by atoms with Crippen LogP contribution >= 0.6 is 15.9 Å². The number of benzene rings is 1. The van der Waals surface area contributed by atoms with Crippen LogP contribution in [-0.2, 0) is 0 Å². The summed E-state index contributed by atoms with van der Waals surface area (Å²) in [6.07, 6.45) is 2.15. The highest BCUT2D eigenvalue weighted by Gasteiger charge is 2.26. The van der Waals surface area contributed by atoms with Gasteiger partial charge in [-0.1, -0.05) is 28.9 Å². The highest BCUT2D eigenvalue weighted by atomic mass is 79.9. The highest BCUT2D eigenvalue weighted by molar-refractivity contribution is 9.10. The molecule has 0 aliphatic carbocycles. The molecule has 4 heteroatoms. The molecule has 0 spiro atoms. The van der Waals surface area contributed by atoms with Gasteiger partial charge in [-0.3, -0.25) is 4.79 Å². The summed E-state index contributed by atoms with van der Waals surface area (Å²) in [7, 11) is 1.94. The van der Waals surface area contributed by atoms with Crippen molar-refractivity contribution >= 4 is 21.8 Å². The molecule has 1 amide bonds. The summed E-state index contributed by atoms with van der Waals surface area (Å²) in [5.41, 5.74) is 1.84. The number of rotatable bonds is 3. The number of carbonyl (C=O) groups is 1. The lowest BCUT2D eigenvalue weighted by molar-refractivity contribution is 0.0646. The number of hydrogen-bond acceptors (Lipinski definition) is 2. The molecule has 0 aromatic heterocycles. The van der Waals surface area contributed by atoms with Crippen LogP contribution in [0.5, 0.6) is 0 Å². The van der Waals surface area contributed by atoms with Gasteiger partial charge in [-0.25, -0.2) is 0 Å². The van der Waals surface area contributed by atoms with Crippen molar-refractivity contribution in [2.45, 2.75) is 32.7 Å². The Labute approximate surface area is 130 Å². The Balaban J connectivity index is 2.07. The molecule has 1 aromatic rings. The van der Waals surface area contributed by atoms with E-state index >= 15 is 0 Å². The van der Waals surface area contributed by atoms with Crippen molar-refractivity contribution < 1.29 is 4.79 Å². The molecule has 0 atom stereocenters. The number of halogens is 1. The Morgan fingerprint density at radius 1 is 1.40 bits per heavy atom. The zero-order valence-electron chi connectivity index (χ0n) is 12.5. The zero-order valence-corrected chi connectivity index (χ0v) is 14.1. The Morgan fingerprint density at radius 2 is 2.05 bits per heavy atom. The van der Waals surface area contributed by atoms with Crippen LogP contribution in [-0.4, -0.2) is 48.4 Å². The molecule has 20 heavy (non-hydrogen) atoms. The summed E-state index contributed by atoms with van der Waals surface area (Å²) in [4.78, 5) is 17.0. The van der Waals surface area contributed by atoms with Crippen molar-refractivity contribution in [2.75, 3.05) is 26.7 Å². The van der Waals surface area contributed by atoms with Crippen molar-refractivity contribution in [3.8, 4) is 0 Å². The number of hydrogen-bond donors (Lipinski definition) is 0. The minimum absolute atomic E-state index is 0.138. The van der Waals surface area contributed by atoms with E-state index in [2.05, 4.69) is 27.8 Å². The number of likely N-dealkylation sites (tertiary alicyclic amines) is 1. The van der Waals surface area contributed by atoms with Gasteiger partial charge < -0.3 is 9.80 Å². The van der Waals surface area contributed by atoms with Gasteiger partial charge in [-0.2, -0.15) is 0 Å². The summed E-state index contributed by atoms with van der Waals surface area (Å²) in [6, 6.07) is 6.26. The molecular weight excluding hydrogens is 316 g/mol. The molecule has 0 unspecified atom stereocenters. The summed E-state index contributed by atoms with van der Waals surface area (Å²) in [5.74, 6) is 0.138. The maximum absolute atomic E-state index is 12.7. The summed E-state index contributed by atoms with van der Waals surface area (Å²) in [6.45, 7) is 7.48. The SMILES string of the molecule is CCN1CCC(N(C)C(=O)c2cc(Br)ccc2C)CC1. The van der Waals surface area contributed by atoms with Gasteiger partial charge >= 0.3 is 0 Å². The standard InChI is InChI=1S/C16H23BrN2O/c1-4-19-9-7-14(8-10-19)18(3)16(20)15-11-13(17)6-5-12(15)2/h5-6,11,14H,4,7-10H2,1-3H3. The van der Waals surface area contributed by atoms with Crippen molar-refractivity contribution in [3.05, 3.63) is 33.8 Å². The zero-order chi connectivity index (χ0) is 14.7. The molecule has 0 saturated carbocycles. The van der Waals surface area contributed by atoms with Crippen LogP contribution in [0.3, 0.4) is 0 Å². The van der Waals surface area contributed by atoms with Crippen LogP contribution in [0.15, 0.2) is 22.7 Å². The van der Waals surface area contributed by atoms with E-state index in [1.54, 1.807) is 0 Å². The number of amides is 1. The third-order valence-electron chi connectivity index (χ3n) is 4.30. The predicted molar refractivity (Wildman–Crippen MR) is 86.1 cm³/mol. The minimum Gasteiger partial charge on any atom is -0.339 e. The Kier molecular flexibility index (Phi) is 5.22. The molecule has 3 nitrogen and oxygen atoms in total. The Hall–Kier alpha value is -0.870. The van der Waals surface area contributed by atoms with E-state index in [-0.39, 0.29) is 5.91 Å². The largest absolute Gasteiger partial charge is 0.339 e. The van der Waals surface area contributed by atoms with Gasteiger partial charge in [0.1, 0.15) is 0 Å². The third-order valence-corrected chi connectivity index (χ3v) is 4.80. The van der Waals surface area contributed by atoms with Crippen molar-refractivity contribution in [1.82, 2.24) is 9.80 Å². The first-order valence-electron chi connectivity index (χ1n) is 7.28. The van der Waals surface area contributed by atoms with Crippen molar-refractivity contribution in [2.24, 2.45) is 0 Å². The van der Waals surface area contributed by atoms with Crippen molar-refractivity contribution in [1.29, 1.82) is 0 Å². The van der Waals surface area contributed by atoms with Gasteiger partial charge in [0, 0.05) is 36.2 Å². The van der Waals surface area contributed by atoms with E-state index < -0.39 is 0 Å². The maximum Gasteiger partial charge on any atom is 0.254 e. The van der Waals surface area contributed by atoms with E-state index in [9.17, 15) is 4.79 Å². The quantitative estimate of drug-likeness (QED) is 0.844. The number of piperidine rings is 1. The second-order valence-electron chi connectivity index (χ2n) is 5.54. The molecule has 0 N–H and O–H groups in total. The Bertz CT molecular complexity index is 481. The fraction of sp³-hybridized carbons (Fsp3) is 0.562. The fourth-order valence-electron chi connectivity index (χ4n) is 2.80. The lowest BCUT2D eigenvalue weighted by atomic mass is 10.0. The van der Waals surface area contributed by atoms with E-state index in [0.29, 0.717) is 6.04 Å². The second kappa shape index (κ2) is 6.72. The van der Waals surface area contributed by atoms with E-state index in [1.807, 2.05) is 37.1 Å². The number of carbonyl (C=O) groups excluding carboxylic acids is 1. The molecule has 2 rings (SSSR count). The second-order valence-corrected chi connectivity index (χ2v) is 6.46. The number of nitrogens with zero attached hydrogens (tertiary/aromatic N) is 2. The van der Waals surface area contributed by atoms with Crippen molar-refractivity contribution in [3.63, 3.8) is 0 Å². The predicted octanol–water partition coefficient (Wildman–Crippen LogP) is 3.31. The van der Waals surface area contributed by atoms with Gasteiger partial charge in [-0.15, -0.1) is 0 Å². The van der Waals surface area contributed by atoms with E-state index in [1.165, 1.54) is 0 Å². The number of aryl methyl sites for hydroxylation is 1. The Morgan fingerprint density at radius 3 is 2.65 bits per heavy atom. The first-order chi connectivity index (χ1) is 9.52. The highest BCUT2D eigenvalue weighted by Crippen LogP contribution is 2.21. The van der Waals surface area contributed by atoms with Crippen LogP contribution in [0.4, 0.5) is 0 Å². The first kappa shape index (κ1) is 15.5. The molecule has 0 bridgehead atoms. The van der Waals surface area contributed by atoms with Crippen LogP contribution in [0.25, 0.3) is 0 Å². The van der Waals surface area contributed by atoms with Gasteiger partial charge in [0.25, 0.3) is 5.91 Å². The third kappa shape index (κ3) is 3.41. The topological polar surface area (TPSA) is 23.6 Å². The lowest BCUT2D eigenvalue weighted by Gasteiger charge is -2.36. The smallest absolute Gasteiger partial charge is 0.254 e. The molecule has 1 aromatic carbocycles. The van der Waals surface area contributed by atoms with Crippen LogP contribution in [0.1, 0.15) is 35.7 Å². The van der Waals surface area contributed by atoms with Gasteiger partial charge in [0.15, 0.2) is 0 Å². The monoisotopic (exact) mass is 338 g/mol.